The van der Waals surface area contributed by atoms with Gasteiger partial charge in [0.1, 0.15) is 0 Å². The number of rotatable bonds is 5. The predicted molar refractivity (Wildman–Crippen MR) is 56.3 cm³/mol. The van der Waals surface area contributed by atoms with Gasteiger partial charge in [0.05, 0.1) is 25.2 Å². The van der Waals surface area contributed by atoms with Crippen LogP contribution >= 0.6 is 0 Å². The summed E-state index contributed by atoms with van der Waals surface area (Å²) < 4.78 is 5.12. The molecule has 1 saturated heterocycles. The van der Waals surface area contributed by atoms with Crippen LogP contribution in [0.25, 0.3) is 0 Å². The molecule has 15 heavy (non-hydrogen) atoms. The van der Waals surface area contributed by atoms with Crippen molar-refractivity contribution >= 4 is 0 Å². The highest BCUT2D eigenvalue weighted by molar-refractivity contribution is 5.09. The summed E-state index contributed by atoms with van der Waals surface area (Å²) in [5.74, 6) is 0. The summed E-state index contributed by atoms with van der Waals surface area (Å²) in [6.07, 6.45) is 3.57. The normalized spacial score (nSPS) is 18.5. The van der Waals surface area contributed by atoms with Crippen LogP contribution < -0.4 is 5.32 Å². The second-order valence-corrected chi connectivity index (χ2v) is 4.11. The average Bonchev–Trinajstić information content (AvgIpc) is 2.24. The summed E-state index contributed by atoms with van der Waals surface area (Å²) in [5, 5.41) is 12.5. The molecule has 4 heteroatoms. The van der Waals surface area contributed by atoms with Crippen molar-refractivity contribution in [1.82, 2.24) is 10.3 Å². The molecule has 0 bridgehead atoms. The molecular formula is C11H16N2O2. The van der Waals surface area contributed by atoms with Crippen LogP contribution in [0.2, 0.25) is 0 Å². The molecule has 82 valence electrons. The predicted octanol–water partition coefficient (Wildman–Crippen LogP) is 0.180. The molecule has 1 aliphatic heterocycles. The van der Waals surface area contributed by atoms with Crippen LogP contribution in [-0.4, -0.2) is 36.5 Å². The standard InChI is InChI=1S/C11H16N2O2/c14-7-11(8-15-9-11)6-13-5-10-1-3-12-4-2-10/h1-4,13-14H,5-9H2. The lowest BCUT2D eigenvalue weighted by Crippen LogP contribution is -2.52. The highest BCUT2D eigenvalue weighted by atomic mass is 16.5. The minimum absolute atomic E-state index is 0.0486. The molecule has 0 spiro atoms. The lowest BCUT2D eigenvalue weighted by Gasteiger charge is -2.40. The Morgan fingerprint density at radius 3 is 2.67 bits per heavy atom. The van der Waals surface area contributed by atoms with Gasteiger partial charge in [0.25, 0.3) is 0 Å². The third-order valence-corrected chi connectivity index (χ3v) is 2.73. The summed E-state index contributed by atoms with van der Waals surface area (Å²) in [5.41, 5.74) is 1.16. The van der Waals surface area contributed by atoms with Crippen LogP contribution in [-0.2, 0) is 11.3 Å². The van der Waals surface area contributed by atoms with Gasteiger partial charge in [-0.25, -0.2) is 0 Å². The number of aromatic nitrogens is 1. The number of hydrogen-bond acceptors (Lipinski definition) is 4. The Hall–Kier alpha value is -0.970. The molecular weight excluding hydrogens is 192 g/mol. The maximum Gasteiger partial charge on any atom is 0.0579 e. The first kappa shape index (κ1) is 10.5. The van der Waals surface area contributed by atoms with Crippen LogP contribution in [0.3, 0.4) is 0 Å². The van der Waals surface area contributed by atoms with Gasteiger partial charge >= 0.3 is 0 Å². The SMILES string of the molecule is OCC1(CNCc2ccncc2)COC1. The maximum absolute atomic E-state index is 9.20. The van der Waals surface area contributed by atoms with E-state index in [-0.39, 0.29) is 12.0 Å². The van der Waals surface area contributed by atoms with E-state index in [0.717, 1.165) is 13.1 Å². The Bertz CT molecular complexity index is 293. The van der Waals surface area contributed by atoms with Crippen molar-refractivity contribution in [1.29, 1.82) is 0 Å². The first-order valence-electron chi connectivity index (χ1n) is 5.13. The van der Waals surface area contributed by atoms with Crippen LogP contribution in [0.4, 0.5) is 0 Å². The molecule has 2 N–H and O–H groups in total. The van der Waals surface area contributed by atoms with Gasteiger partial charge in [-0.05, 0) is 17.7 Å². The van der Waals surface area contributed by atoms with E-state index in [1.54, 1.807) is 12.4 Å². The number of nitrogens with one attached hydrogen (secondary N) is 1. The Labute approximate surface area is 89.3 Å². The number of nitrogens with zero attached hydrogens (tertiary/aromatic N) is 1. The van der Waals surface area contributed by atoms with E-state index in [2.05, 4.69) is 10.3 Å². The summed E-state index contributed by atoms with van der Waals surface area (Å²) >= 11 is 0. The molecule has 0 aliphatic carbocycles. The Balaban J connectivity index is 1.75. The summed E-state index contributed by atoms with van der Waals surface area (Å²) in [4.78, 5) is 3.96. The second-order valence-electron chi connectivity index (χ2n) is 4.11. The Morgan fingerprint density at radius 2 is 2.13 bits per heavy atom. The monoisotopic (exact) mass is 208 g/mol. The quantitative estimate of drug-likeness (QED) is 0.725. The van der Waals surface area contributed by atoms with E-state index in [4.69, 9.17) is 4.74 Å². The van der Waals surface area contributed by atoms with Crippen LogP contribution in [0.15, 0.2) is 24.5 Å². The molecule has 2 heterocycles. The fraction of sp³-hybridized carbons (Fsp3) is 0.545. The maximum atomic E-state index is 9.20. The van der Waals surface area contributed by atoms with Crippen molar-refractivity contribution in [2.75, 3.05) is 26.4 Å². The average molecular weight is 208 g/mol. The number of aliphatic hydroxyl groups excluding tert-OH is 1. The van der Waals surface area contributed by atoms with Crippen LogP contribution in [0.1, 0.15) is 5.56 Å². The molecule has 1 aromatic rings. The first-order valence-corrected chi connectivity index (χ1v) is 5.13. The lowest BCUT2D eigenvalue weighted by atomic mass is 9.87. The van der Waals surface area contributed by atoms with Gasteiger partial charge in [-0.3, -0.25) is 4.98 Å². The highest BCUT2D eigenvalue weighted by Crippen LogP contribution is 2.25. The third-order valence-electron chi connectivity index (χ3n) is 2.73. The van der Waals surface area contributed by atoms with Gasteiger partial charge in [0.15, 0.2) is 0 Å². The highest BCUT2D eigenvalue weighted by Gasteiger charge is 2.37. The van der Waals surface area contributed by atoms with Gasteiger partial charge in [0, 0.05) is 25.5 Å². The van der Waals surface area contributed by atoms with Crippen molar-refractivity contribution < 1.29 is 9.84 Å². The van der Waals surface area contributed by atoms with Gasteiger partial charge in [-0.1, -0.05) is 0 Å². The molecule has 1 aliphatic rings. The fourth-order valence-corrected chi connectivity index (χ4v) is 1.61. The van der Waals surface area contributed by atoms with Gasteiger partial charge in [0.2, 0.25) is 0 Å². The summed E-state index contributed by atoms with van der Waals surface area (Å²) in [7, 11) is 0. The molecule has 0 aromatic carbocycles. The molecule has 0 radical (unpaired) electrons. The number of hydrogen-bond donors (Lipinski definition) is 2. The zero-order valence-electron chi connectivity index (χ0n) is 8.65. The number of pyridine rings is 1. The third kappa shape index (κ3) is 2.53. The molecule has 2 rings (SSSR count). The van der Waals surface area contributed by atoms with E-state index in [1.165, 1.54) is 5.56 Å². The van der Waals surface area contributed by atoms with E-state index in [1.807, 2.05) is 12.1 Å². The topological polar surface area (TPSA) is 54.4 Å². The van der Waals surface area contributed by atoms with Gasteiger partial charge in [-0.15, -0.1) is 0 Å². The minimum atomic E-state index is -0.0486. The molecule has 1 aromatic heterocycles. The van der Waals surface area contributed by atoms with Gasteiger partial charge in [-0.2, -0.15) is 0 Å². The molecule has 0 amide bonds. The minimum Gasteiger partial charge on any atom is -0.396 e. The molecule has 1 fully saturated rings. The van der Waals surface area contributed by atoms with Crippen LogP contribution in [0, 0.1) is 5.41 Å². The molecule has 0 saturated carbocycles. The molecule has 0 unspecified atom stereocenters. The van der Waals surface area contributed by atoms with Crippen molar-refractivity contribution in [3.8, 4) is 0 Å². The van der Waals surface area contributed by atoms with Crippen LogP contribution in [0.5, 0.6) is 0 Å². The van der Waals surface area contributed by atoms with Crippen molar-refractivity contribution in [2.24, 2.45) is 5.41 Å². The summed E-state index contributed by atoms with van der Waals surface area (Å²) in [6, 6.07) is 3.96. The Kier molecular flexibility index (Phi) is 3.30. The van der Waals surface area contributed by atoms with Crippen molar-refractivity contribution in [2.45, 2.75) is 6.54 Å². The van der Waals surface area contributed by atoms with Crippen molar-refractivity contribution in [3.63, 3.8) is 0 Å². The lowest BCUT2D eigenvalue weighted by molar-refractivity contribution is -0.134. The van der Waals surface area contributed by atoms with E-state index < -0.39 is 0 Å². The molecule has 0 atom stereocenters. The largest absolute Gasteiger partial charge is 0.396 e. The first-order chi connectivity index (χ1) is 7.35. The smallest absolute Gasteiger partial charge is 0.0579 e. The van der Waals surface area contributed by atoms with Crippen molar-refractivity contribution in [3.05, 3.63) is 30.1 Å². The zero-order chi connectivity index (χ0) is 10.6. The zero-order valence-corrected chi connectivity index (χ0v) is 8.65. The number of aliphatic hydroxyl groups is 1. The van der Waals surface area contributed by atoms with E-state index in [9.17, 15) is 5.11 Å². The van der Waals surface area contributed by atoms with E-state index in [0.29, 0.717) is 13.2 Å². The number of ether oxygens (including phenoxy) is 1. The van der Waals surface area contributed by atoms with Gasteiger partial charge < -0.3 is 15.2 Å². The fourth-order valence-electron chi connectivity index (χ4n) is 1.61. The molecule has 4 nitrogen and oxygen atoms in total. The Morgan fingerprint density at radius 1 is 1.40 bits per heavy atom. The van der Waals surface area contributed by atoms with E-state index >= 15 is 0 Å². The summed E-state index contributed by atoms with van der Waals surface area (Å²) in [6.45, 7) is 3.12. The second kappa shape index (κ2) is 4.70.